The molecule has 17 heavy (non-hydrogen) atoms. The van der Waals surface area contributed by atoms with E-state index in [4.69, 9.17) is 4.74 Å². The molecule has 0 N–H and O–H groups in total. The summed E-state index contributed by atoms with van der Waals surface area (Å²) in [5.41, 5.74) is 0. The molecule has 0 saturated heterocycles. The summed E-state index contributed by atoms with van der Waals surface area (Å²) in [7, 11) is 1.34. The molecule has 5 heteroatoms. The Balaban J connectivity index is 1.88. The number of esters is 2. The minimum Gasteiger partial charge on any atom is -0.465 e. The normalized spacial score (nSPS) is 22.0. The molecule has 1 heterocycles. The Kier molecular flexibility index (Phi) is 3.47. The first-order valence-electron chi connectivity index (χ1n) is 5.46. The van der Waals surface area contributed by atoms with Crippen molar-refractivity contribution >= 4 is 23.3 Å². The molecule has 0 bridgehead atoms. The van der Waals surface area contributed by atoms with E-state index in [0.29, 0.717) is 10.8 Å². The van der Waals surface area contributed by atoms with Gasteiger partial charge in [-0.05, 0) is 24.5 Å². The predicted octanol–water partition coefficient (Wildman–Crippen LogP) is 2.03. The van der Waals surface area contributed by atoms with E-state index in [1.165, 1.54) is 18.4 Å². The van der Waals surface area contributed by atoms with Gasteiger partial charge in [-0.15, -0.1) is 11.3 Å². The van der Waals surface area contributed by atoms with Gasteiger partial charge in [-0.3, -0.25) is 4.79 Å². The SMILES string of the molecule is COC(=O)c1ccc(CC(=O)OC2CC2C)s1. The number of rotatable bonds is 4. The van der Waals surface area contributed by atoms with Crippen molar-refractivity contribution in [2.75, 3.05) is 7.11 Å². The van der Waals surface area contributed by atoms with Crippen LogP contribution in [0.3, 0.4) is 0 Å². The molecular weight excluding hydrogens is 240 g/mol. The summed E-state index contributed by atoms with van der Waals surface area (Å²) in [6.07, 6.45) is 1.29. The van der Waals surface area contributed by atoms with Crippen molar-refractivity contribution < 1.29 is 19.1 Å². The largest absolute Gasteiger partial charge is 0.465 e. The van der Waals surface area contributed by atoms with E-state index >= 15 is 0 Å². The van der Waals surface area contributed by atoms with E-state index in [1.54, 1.807) is 12.1 Å². The van der Waals surface area contributed by atoms with E-state index in [-0.39, 0.29) is 24.5 Å². The summed E-state index contributed by atoms with van der Waals surface area (Å²) >= 11 is 1.27. The minimum atomic E-state index is -0.370. The minimum absolute atomic E-state index is 0.0996. The molecule has 0 radical (unpaired) electrons. The standard InChI is InChI=1S/C12H14O4S/c1-7-5-9(7)16-11(13)6-8-3-4-10(17-8)12(14)15-2/h3-4,7,9H,5-6H2,1-2H3. The van der Waals surface area contributed by atoms with E-state index in [0.717, 1.165) is 11.3 Å². The Hall–Kier alpha value is -1.36. The lowest BCUT2D eigenvalue weighted by atomic mass is 10.3. The van der Waals surface area contributed by atoms with E-state index < -0.39 is 0 Å². The molecule has 2 atom stereocenters. The van der Waals surface area contributed by atoms with Gasteiger partial charge in [0, 0.05) is 4.88 Å². The lowest BCUT2D eigenvalue weighted by molar-refractivity contribution is -0.144. The topological polar surface area (TPSA) is 52.6 Å². The van der Waals surface area contributed by atoms with Crippen LogP contribution in [-0.2, 0) is 20.7 Å². The number of thiophene rings is 1. The van der Waals surface area contributed by atoms with Crippen molar-refractivity contribution in [2.24, 2.45) is 5.92 Å². The van der Waals surface area contributed by atoms with Gasteiger partial charge in [0.1, 0.15) is 11.0 Å². The van der Waals surface area contributed by atoms with Crippen LogP contribution >= 0.6 is 11.3 Å². The number of carbonyl (C=O) groups is 2. The van der Waals surface area contributed by atoms with Crippen LogP contribution < -0.4 is 0 Å². The molecule has 4 nitrogen and oxygen atoms in total. The van der Waals surface area contributed by atoms with Crippen LogP contribution in [-0.4, -0.2) is 25.2 Å². The molecule has 0 amide bonds. The van der Waals surface area contributed by atoms with Crippen molar-refractivity contribution in [3.05, 3.63) is 21.9 Å². The highest BCUT2D eigenvalue weighted by molar-refractivity contribution is 7.14. The molecule has 1 aliphatic rings. The van der Waals surface area contributed by atoms with Gasteiger partial charge in [-0.2, -0.15) is 0 Å². The molecule has 0 aliphatic heterocycles. The van der Waals surface area contributed by atoms with Gasteiger partial charge in [-0.25, -0.2) is 4.79 Å². The molecule has 2 unspecified atom stereocenters. The van der Waals surface area contributed by atoms with Crippen molar-refractivity contribution in [3.8, 4) is 0 Å². The maximum absolute atomic E-state index is 11.5. The third-order valence-corrected chi connectivity index (χ3v) is 3.75. The lowest BCUT2D eigenvalue weighted by Crippen LogP contribution is -2.09. The molecule has 0 spiro atoms. The molecule has 1 aliphatic carbocycles. The Morgan fingerprint density at radius 1 is 1.47 bits per heavy atom. The first-order chi connectivity index (χ1) is 8.10. The summed E-state index contributed by atoms with van der Waals surface area (Å²) in [6, 6.07) is 3.42. The van der Waals surface area contributed by atoms with E-state index in [1.807, 2.05) is 0 Å². The molecule has 2 rings (SSSR count). The highest BCUT2D eigenvalue weighted by atomic mass is 32.1. The first-order valence-corrected chi connectivity index (χ1v) is 6.28. The van der Waals surface area contributed by atoms with Crippen LogP contribution in [0.25, 0.3) is 0 Å². The predicted molar refractivity (Wildman–Crippen MR) is 63.0 cm³/mol. The van der Waals surface area contributed by atoms with Crippen LogP contribution in [0, 0.1) is 5.92 Å². The van der Waals surface area contributed by atoms with E-state index in [9.17, 15) is 9.59 Å². The second-order valence-electron chi connectivity index (χ2n) is 4.18. The fourth-order valence-corrected chi connectivity index (χ4v) is 2.40. The zero-order valence-electron chi connectivity index (χ0n) is 9.76. The van der Waals surface area contributed by atoms with Gasteiger partial charge in [0.2, 0.25) is 0 Å². The van der Waals surface area contributed by atoms with Crippen LogP contribution in [0.5, 0.6) is 0 Å². The Morgan fingerprint density at radius 3 is 2.76 bits per heavy atom. The third-order valence-electron chi connectivity index (χ3n) is 2.69. The monoisotopic (exact) mass is 254 g/mol. The van der Waals surface area contributed by atoms with Gasteiger partial charge in [0.05, 0.1) is 13.5 Å². The van der Waals surface area contributed by atoms with Gasteiger partial charge in [0.25, 0.3) is 0 Å². The zero-order valence-corrected chi connectivity index (χ0v) is 10.6. The number of carbonyl (C=O) groups excluding carboxylic acids is 2. The zero-order chi connectivity index (χ0) is 12.4. The Labute approximate surface area is 104 Å². The summed E-state index contributed by atoms with van der Waals surface area (Å²) in [5.74, 6) is -0.101. The van der Waals surface area contributed by atoms with Crippen molar-refractivity contribution in [3.63, 3.8) is 0 Å². The smallest absolute Gasteiger partial charge is 0.348 e. The van der Waals surface area contributed by atoms with Crippen LogP contribution in [0.1, 0.15) is 27.9 Å². The molecule has 1 aromatic heterocycles. The summed E-state index contributed by atoms with van der Waals surface area (Å²) in [5, 5.41) is 0. The van der Waals surface area contributed by atoms with Gasteiger partial charge >= 0.3 is 11.9 Å². The first kappa shape index (κ1) is 12.1. The van der Waals surface area contributed by atoms with Gasteiger partial charge in [-0.1, -0.05) is 6.92 Å². The van der Waals surface area contributed by atoms with Crippen LogP contribution in [0.4, 0.5) is 0 Å². The average Bonchev–Trinajstić information content (AvgIpc) is 2.80. The van der Waals surface area contributed by atoms with Gasteiger partial charge < -0.3 is 9.47 Å². The van der Waals surface area contributed by atoms with Crippen LogP contribution in [0.15, 0.2) is 12.1 Å². The van der Waals surface area contributed by atoms with Crippen LogP contribution in [0.2, 0.25) is 0 Å². The third kappa shape index (κ3) is 3.06. The van der Waals surface area contributed by atoms with Gasteiger partial charge in [0.15, 0.2) is 0 Å². The maximum atomic E-state index is 11.5. The second kappa shape index (κ2) is 4.87. The number of hydrogen-bond acceptors (Lipinski definition) is 5. The highest BCUT2D eigenvalue weighted by Gasteiger charge is 2.36. The molecule has 1 fully saturated rings. The van der Waals surface area contributed by atoms with Crippen molar-refractivity contribution in [1.82, 2.24) is 0 Å². The molecular formula is C12H14O4S. The molecule has 1 saturated carbocycles. The average molecular weight is 254 g/mol. The Bertz CT molecular complexity index is 437. The number of methoxy groups -OCH3 is 1. The number of ether oxygens (including phenoxy) is 2. The van der Waals surface area contributed by atoms with Crippen molar-refractivity contribution in [1.29, 1.82) is 0 Å². The number of hydrogen-bond donors (Lipinski definition) is 0. The fourth-order valence-electron chi connectivity index (χ4n) is 1.49. The lowest BCUT2D eigenvalue weighted by Gasteiger charge is -2.01. The Morgan fingerprint density at radius 2 is 2.18 bits per heavy atom. The molecule has 0 aromatic carbocycles. The quantitative estimate of drug-likeness (QED) is 0.771. The maximum Gasteiger partial charge on any atom is 0.348 e. The summed E-state index contributed by atoms with van der Waals surface area (Å²) in [6.45, 7) is 2.05. The molecule has 1 aromatic rings. The second-order valence-corrected chi connectivity index (χ2v) is 5.34. The highest BCUT2D eigenvalue weighted by Crippen LogP contribution is 2.33. The molecule has 92 valence electrons. The fraction of sp³-hybridized carbons (Fsp3) is 0.500. The van der Waals surface area contributed by atoms with Crippen molar-refractivity contribution in [2.45, 2.75) is 25.9 Å². The van der Waals surface area contributed by atoms with E-state index in [2.05, 4.69) is 11.7 Å². The summed E-state index contributed by atoms with van der Waals surface area (Å²) < 4.78 is 9.82. The summed E-state index contributed by atoms with van der Waals surface area (Å²) in [4.78, 5) is 24.1.